The highest BCUT2D eigenvalue weighted by Gasteiger charge is 2.20. The fraction of sp³-hybridized carbons (Fsp3) is 0.526. The average Bonchev–Trinajstić information content (AvgIpc) is 3.14. The summed E-state index contributed by atoms with van der Waals surface area (Å²) in [6, 6.07) is 8.75. The van der Waals surface area contributed by atoms with E-state index in [1.54, 1.807) is 0 Å². The van der Waals surface area contributed by atoms with Gasteiger partial charge >= 0.3 is 0 Å². The molecule has 130 valence electrons. The fourth-order valence-corrected chi connectivity index (χ4v) is 3.32. The first-order valence-corrected chi connectivity index (χ1v) is 8.88. The molecular formula is C19H28N4O. The normalized spacial score (nSPS) is 19.1. The molecule has 5 heteroatoms. The van der Waals surface area contributed by atoms with Crippen LogP contribution in [0.4, 0.5) is 0 Å². The summed E-state index contributed by atoms with van der Waals surface area (Å²) in [6.45, 7) is 7.72. The van der Waals surface area contributed by atoms with Crippen LogP contribution in [0.25, 0.3) is 11.0 Å². The lowest BCUT2D eigenvalue weighted by atomic mass is 10.1. The van der Waals surface area contributed by atoms with Crippen LogP contribution in [-0.2, 0) is 6.54 Å². The molecule has 1 saturated heterocycles. The summed E-state index contributed by atoms with van der Waals surface area (Å²) in [5, 5.41) is 7.97. The minimum atomic E-state index is 0.552. The number of nitrogens with one attached hydrogen (secondary N) is 2. The minimum absolute atomic E-state index is 0.552. The van der Waals surface area contributed by atoms with E-state index >= 15 is 0 Å². The van der Waals surface area contributed by atoms with Crippen LogP contribution in [0, 0.1) is 6.92 Å². The van der Waals surface area contributed by atoms with Crippen molar-refractivity contribution in [2.75, 3.05) is 26.7 Å². The van der Waals surface area contributed by atoms with Gasteiger partial charge in [-0.25, -0.2) is 4.99 Å². The van der Waals surface area contributed by atoms with Crippen LogP contribution in [0.3, 0.4) is 0 Å². The van der Waals surface area contributed by atoms with Crippen LogP contribution in [-0.4, -0.2) is 43.6 Å². The van der Waals surface area contributed by atoms with Gasteiger partial charge in [-0.1, -0.05) is 18.2 Å². The van der Waals surface area contributed by atoms with Crippen LogP contribution in [0.2, 0.25) is 0 Å². The van der Waals surface area contributed by atoms with Gasteiger partial charge in [-0.2, -0.15) is 0 Å². The van der Waals surface area contributed by atoms with Gasteiger partial charge in [0.2, 0.25) is 0 Å². The predicted octanol–water partition coefficient (Wildman–Crippen LogP) is 2.89. The number of furan rings is 1. The highest BCUT2D eigenvalue weighted by molar-refractivity contribution is 5.82. The number of nitrogens with zero attached hydrogens (tertiary/aromatic N) is 2. The van der Waals surface area contributed by atoms with Gasteiger partial charge in [0, 0.05) is 30.1 Å². The van der Waals surface area contributed by atoms with Crippen LogP contribution >= 0.6 is 0 Å². The molecule has 2 aromatic rings. The summed E-state index contributed by atoms with van der Waals surface area (Å²) in [7, 11) is 2.20. The zero-order valence-corrected chi connectivity index (χ0v) is 14.9. The van der Waals surface area contributed by atoms with Crippen molar-refractivity contribution >= 4 is 16.9 Å². The van der Waals surface area contributed by atoms with E-state index in [0.717, 1.165) is 30.4 Å². The third kappa shape index (κ3) is 3.73. The van der Waals surface area contributed by atoms with Gasteiger partial charge in [0.15, 0.2) is 5.96 Å². The van der Waals surface area contributed by atoms with Gasteiger partial charge in [-0.3, -0.25) is 0 Å². The minimum Gasteiger partial charge on any atom is -0.459 e. The lowest BCUT2D eigenvalue weighted by molar-refractivity contribution is 0.309. The van der Waals surface area contributed by atoms with Gasteiger partial charge in [0.25, 0.3) is 0 Å². The molecule has 24 heavy (non-hydrogen) atoms. The molecule has 0 aliphatic carbocycles. The number of guanidine groups is 1. The molecule has 2 heterocycles. The lowest BCUT2D eigenvalue weighted by Gasteiger charge is -2.21. The van der Waals surface area contributed by atoms with Crippen molar-refractivity contribution in [1.82, 2.24) is 15.5 Å². The van der Waals surface area contributed by atoms with Crippen molar-refractivity contribution in [1.29, 1.82) is 0 Å². The van der Waals surface area contributed by atoms with Crippen molar-refractivity contribution < 1.29 is 4.42 Å². The number of benzene rings is 1. The number of fused-ring (bicyclic) bond motifs is 1. The number of aryl methyl sites for hydroxylation is 1. The number of aliphatic imine (C=N–C) groups is 1. The first-order chi connectivity index (χ1) is 11.7. The molecule has 2 N–H and O–H groups in total. The maximum Gasteiger partial charge on any atom is 0.191 e. The second-order valence-corrected chi connectivity index (χ2v) is 6.50. The van der Waals surface area contributed by atoms with Crippen molar-refractivity contribution in [2.24, 2.45) is 4.99 Å². The molecule has 1 atom stereocenters. The van der Waals surface area contributed by atoms with E-state index < -0.39 is 0 Å². The SMILES string of the molecule is CCNC(=NCc1oc2ccccc2c1C)NCC1CCCN1C. The Hall–Kier alpha value is -2.01. The number of hydrogen-bond donors (Lipinski definition) is 2. The van der Waals surface area contributed by atoms with Crippen LogP contribution in [0.1, 0.15) is 31.1 Å². The Kier molecular flexibility index (Phi) is 5.41. The fourth-order valence-electron chi connectivity index (χ4n) is 3.32. The molecule has 0 bridgehead atoms. The van der Waals surface area contributed by atoms with Crippen molar-refractivity contribution in [3.8, 4) is 0 Å². The number of likely N-dealkylation sites (tertiary alicyclic amines) is 1. The Morgan fingerprint density at radius 3 is 2.88 bits per heavy atom. The molecular weight excluding hydrogens is 300 g/mol. The predicted molar refractivity (Wildman–Crippen MR) is 99.4 cm³/mol. The second-order valence-electron chi connectivity index (χ2n) is 6.50. The Balaban J connectivity index is 1.67. The van der Waals surface area contributed by atoms with Gasteiger partial charge in [0.05, 0.1) is 0 Å². The van der Waals surface area contributed by atoms with Crippen LogP contribution in [0.15, 0.2) is 33.7 Å². The molecule has 1 unspecified atom stereocenters. The molecule has 1 aromatic carbocycles. The zero-order valence-electron chi connectivity index (χ0n) is 14.9. The summed E-state index contributed by atoms with van der Waals surface area (Å²) >= 11 is 0. The highest BCUT2D eigenvalue weighted by Crippen LogP contribution is 2.25. The molecule has 3 rings (SSSR count). The summed E-state index contributed by atoms with van der Waals surface area (Å²) in [6.07, 6.45) is 2.54. The first-order valence-electron chi connectivity index (χ1n) is 8.88. The standard InChI is InChI=1S/C19H28N4O/c1-4-20-19(21-12-15-8-7-11-23(15)3)22-13-18-14(2)16-9-5-6-10-17(16)24-18/h5-6,9-10,15H,4,7-8,11-13H2,1-3H3,(H2,20,21,22). The number of likely N-dealkylation sites (N-methyl/N-ethyl adjacent to an activating group) is 1. The zero-order chi connectivity index (χ0) is 16.9. The number of rotatable bonds is 5. The summed E-state index contributed by atoms with van der Waals surface area (Å²) in [5.41, 5.74) is 2.12. The Morgan fingerprint density at radius 2 is 2.17 bits per heavy atom. The van der Waals surface area contributed by atoms with E-state index in [1.807, 2.05) is 18.2 Å². The molecule has 0 saturated carbocycles. The molecule has 1 aromatic heterocycles. The molecule has 5 nitrogen and oxygen atoms in total. The molecule has 1 fully saturated rings. The van der Waals surface area contributed by atoms with E-state index in [-0.39, 0.29) is 0 Å². The number of para-hydroxylation sites is 1. The smallest absolute Gasteiger partial charge is 0.191 e. The molecule has 1 aliphatic rings. The molecule has 0 radical (unpaired) electrons. The van der Waals surface area contributed by atoms with E-state index in [9.17, 15) is 0 Å². The topological polar surface area (TPSA) is 52.8 Å². The highest BCUT2D eigenvalue weighted by atomic mass is 16.3. The monoisotopic (exact) mass is 328 g/mol. The molecule has 0 spiro atoms. The van der Waals surface area contributed by atoms with Gasteiger partial charge in [-0.15, -0.1) is 0 Å². The summed E-state index contributed by atoms with van der Waals surface area (Å²) < 4.78 is 5.95. The quantitative estimate of drug-likeness (QED) is 0.654. The van der Waals surface area contributed by atoms with Gasteiger partial charge in [0.1, 0.15) is 17.9 Å². The van der Waals surface area contributed by atoms with E-state index in [0.29, 0.717) is 12.6 Å². The summed E-state index contributed by atoms with van der Waals surface area (Å²) in [4.78, 5) is 7.12. The molecule has 1 aliphatic heterocycles. The largest absolute Gasteiger partial charge is 0.459 e. The second kappa shape index (κ2) is 7.71. The van der Waals surface area contributed by atoms with E-state index in [2.05, 4.69) is 42.5 Å². The number of hydrogen-bond acceptors (Lipinski definition) is 3. The van der Waals surface area contributed by atoms with E-state index in [1.165, 1.54) is 30.3 Å². The van der Waals surface area contributed by atoms with Crippen molar-refractivity contribution in [3.63, 3.8) is 0 Å². The maximum atomic E-state index is 5.95. The third-order valence-corrected chi connectivity index (χ3v) is 4.84. The van der Waals surface area contributed by atoms with Gasteiger partial charge < -0.3 is 20.0 Å². The summed E-state index contributed by atoms with van der Waals surface area (Å²) in [5.74, 6) is 1.80. The Labute approximate surface area is 144 Å². The lowest BCUT2D eigenvalue weighted by Crippen LogP contribution is -2.44. The Morgan fingerprint density at radius 1 is 1.33 bits per heavy atom. The maximum absolute atomic E-state index is 5.95. The molecule has 0 amide bonds. The van der Waals surface area contributed by atoms with Crippen molar-refractivity contribution in [3.05, 3.63) is 35.6 Å². The van der Waals surface area contributed by atoms with Gasteiger partial charge in [-0.05, 0) is 46.3 Å². The average molecular weight is 328 g/mol. The van der Waals surface area contributed by atoms with Crippen molar-refractivity contribution in [2.45, 2.75) is 39.3 Å². The Bertz CT molecular complexity index is 706. The van der Waals surface area contributed by atoms with Crippen LogP contribution < -0.4 is 10.6 Å². The van der Waals surface area contributed by atoms with E-state index in [4.69, 9.17) is 9.41 Å². The van der Waals surface area contributed by atoms with Crippen LogP contribution in [0.5, 0.6) is 0 Å². The first kappa shape index (κ1) is 16.8. The third-order valence-electron chi connectivity index (χ3n) is 4.84.